The van der Waals surface area contributed by atoms with Gasteiger partial charge in [0.15, 0.2) is 0 Å². The molecule has 3 rings (SSSR count). The SMILES string of the molecule is Cc1cc(C)c(-c2ccc(=O)n(Cc3cccc(Cl)c3)n2)cc1C. The zero-order valence-electron chi connectivity index (χ0n) is 14.0. The monoisotopic (exact) mass is 338 g/mol. The van der Waals surface area contributed by atoms with Gasteiger partial charge in [-0.05, 0) is 67.3 Å². The van der Waals surface area contributed by atoms with Gasteiger partial charge < -0.3 is 0 Å². The molecule has 0 saturated heterocycles. The van der Waals surface area contributed by atoms with Gasteiger partial charge in [0.2, 0.25) is 0 Å². The lowest BCUT2D eigenvalue weighted by Crippen LogP contribution is -2.22. The highest BCUT2D eigenvalue weighted by Gasteiger charge is 2.09. The number of aromatic nitrogens is 2. The zero-order chi connectivity index (χ0) is 17.3. The van der Waals surface area contributed by atoms with Crippen LogP contribution in [0.15, 0.2) is 53.3 Å². The molecule has 1 heterocycles. The predicted molar refractivity (Wildman–Crippen MR) is 98.7 cm³/mol. The second kappa shape index (κ2) is 6.62. The van der Waals surface area contributed by atoms with E-state index in [0.29, 0.717) is 11.6 Å². The number of hydrogen-bond acceptors (Lipinski definition) is 2. The van der Waals surface area contributed by atoms with E-state index in [1.165, 1.54) is 15.8 Å². The maximum Gasteiger partial charge on any atom is 0.267 e. The van der Waals surface area contributed by atoms with Crippen molar-refractivity contribution in [3.05, 3.63) is 86.2 Å². The van der Waals surface area contributed by atoms with Gasteiger partial charge in [0.1, 0.15) is 0 Å². The molecule has 4 heteroatoms. The third kappa shape index (κ3) is 3.41. The lowest BCUT2D eigenvalue weighted by atomic mass is 9.99. The molecule has 0 atom stereocenters. The Morgan fingerprint density at radius 2 is 1.71 bits per heavy atom. The average molecular weight is 339 g/mol. The molecule has 0 aliphatic rings. The van der Waals surface area contributed by atoms with Gasteiger partial charge >= 0.3 is 0 Å². The summed E-state index contributed by atoms with van der Waals surface area (Å²) in [5.74, 6) is 0. The van der Waals surface area contributed by atoms with E-state index in [9.17, 15) is 4.79 Å². The van der Waals surface area contributed by atoms with Crippen LogP contribution < -0.4 is 5.56 Å². The quantitative estimate of drug-likeness (QED) is 0.702. The van der Waals surface area contributed by atoms with E-state index in [0.717, 1.165) is 22.4 Å². The zero-order valence-corrected chi connectivity index (χ0v) is 14.8. The molecule has 1 aromatic heterocycles. The van der Waals surface area contributed by atoms with E-state index in [-0.39, 0.29) is 5.56 Å². The van der Waals surface area contributed by atoms with E-state index in [4.69, 9.17) is 11.6 Å². The first-order valence-electron chi connectivity index (χ1n) is 7.85. The summed E-state index contributed by atoms with van der Waals surface area (Å²) in [7, 11) is 0. The first-order chi connectivity index (χ1) is 11.4. The summed E-state index contributed by atoms with van der Waals surface area (Å²) in [6, 6.07) is 15.1. The third-order valence-corrected chi connectivity index (χ3v) is 4.44. The number of halogens is 1. The van der Waals surface area contributed by atoms with Crippen molar-refractivity contribution in [1.82, 2.24) is 9.78 Å². The Labute approximate surface area is 146 Å². The molecule has 122 valence electrons. The van der Waals surface area contributed by atoms with Crippen molar-refractivity contribution >= 4 is 11.6 Å². The van der Waals surface area contributed by atoms with Crippen molar-refractivity contribution in [2.45, 2.75) is 27.3 Å². The van der Waals surface area contributed by atoms with Gasteiger partial charge in [0, 0.05) is 16.7 Å². The van der Waals surface area contributed by atoms with E-state index in [2.05, 4.69) is 38.0 Å². The van der Waals surface area contributed by atoms with Crippen LogP contribution >= 0.6 is 11.6 Å². The van der Waals surface area contributed by atoms with Crippen molar-refractivity contribution in [2.75, 3.05) is 0 Å². The summed E-state index contributed by atoms with van der Waals surface area (Å²) in [6.07, 6.45) is 0. The van der Waals surface area contributed by atoms with Crippen molar-refractivity contribution in [3.63, 3.8) is 0 Å². The Morgan fingerprint density at radius 3 is 2.46 bits per heavy atom. The topological polar surface area (TPSA) is 34.9 Å². The van der Waals surface area contributed by atoms with Crippen LogP contribution in [0.2, 0.25) is 5.02 Å². The van der Waals surface area contributed by atoms with E-state index in [1.54, 1.807) is 12.1 Å². The molecule has 3 aromatic rings. The minimum Gasteiger partial charge on any atom is -0.268 e. The first kappa shape index (κ1) is 16.5. The normalized spacial score (nSPS) is 10.8. The molecular weight excluding hydrogens is 320 g/mol. The second-order valence-corrected chi connectivity index (χ2v) is 6.53. The number of hydrogen-bond donors (Lipinski definition) is 0. The lowest BCUT2D eigenvalue weighted by molar-refractivity contribution is 0.642. The van der Waals surface area contributed by atoms with Gasteiger partial charge in [0.25, 0.3) is 5.56 Å². The molecule has 0 amide bonds. The Balaban J connectivity index is 2.03. The molecule has 0 N–H and O–H groups in total. The van der Waals surface area contributed by atoms with Gasteiger partial charge in [-0.15, -0.1) is 0 Å². The maximum absolute atomic E-state index is 12.2. The van der Waals surface area contributed by atoms with Crippen LogP contribution in [0.25, 0.3) is 11.3 Å². The van der Waals surface area contributed by atoms with Crippen molar-refractivity contribution in [2.24, 2.45) is 0 Å². The van der Waals surface area contributed by atoms with Gasteiger partial charge in [-0.1, -0.05) is 29.8 Å². The minimum absolute atomic E-state index is 0.125. The minimum atomic E-state index is -0.125. The summed E-state index contributed by atoms with van der Waals surface area (Å²) >= 11 is 6.02. The Hall–Kier alpha value is -2.39. The van der Waals surface area contributed by atoms with Crippen LogP contribution in [0.3, 0.4) is 0 Å². The summed E-state index contributed by atoms with van der Waals surface area (Å²) in [6.45, 7) is 6.65. The van der Waals surface area contributed by atoms with Crippen molar-refractivity contribution < 1.29 is 0 Å². The average Bonchev–Trinajstić information content (AvgIpc) is 2.53. The summed E-state index contributed by atoms with van der Waals surface area (Å²) in [4.78, 5) is 12.2. The highest BCUT2D eigenvalue weighted by molar-refractivity contribution is 6.30. The largest absolute Gasteiger partial charge is 0.268 e. The fraction of sp³-hybridized carbons (Fsp3) is 0.200. The smallest absolute Gasteiger partial charge is 0.267 e. The molecule has 0 aliphatic carbocycles. The van der Waals surface area contributed by atoms with Gasteiger partial charge in [-0.25, -0.2) is 4.68 Å². The number of nitrogens with zero attached hydrogens (tertiary/aromatic N) is 2. The predicted octanol–water partition coefficient (Wildman–Crippen LogP) is 4.54. The van der Waals surface area contributed by atoms with E-state index >= 15 is 0 Å². The highest BCUT2D eigenvalue weighted by atomic mass is 35.5. The van der Waals surface area contributed by atoms with Crippen LogP contribution in [0, 0.1) is 20.8 Å². The van der Waals surface area contributed by atoms with Crippen LogP contribution in [0.4, 0.5) is 0 Å². The van der Waals surface area contributed by atoms with E-state index < -0.39 is 0 Å². The standard InChI is InChI=1S/C20H19ClN2O/c1-13-9-15(3)18(10-14(13)2)19-7-8-20(24)23(22-19)12-16-5-4-6-17(21)11-16/h4-11H,12H2,1-3H3. The summed E-state index contributed by atoms with van der Waals surface area (Å²) in [5.41, 5.74) is 6.30. The maximum atomic E-state index is 12.2. The number of aryl methyl sites for hydroxylation is 3. The Bertz CT molecular complexity index is 960. The Kier molecular flexibility index (Phi) is 4.54. The fourth-order valence-corrected chi connectivity index (χ4v) is 2.96. The van der Waals surface area contributed by atoms with Crippen LogP contribution in [-0.4, -0.2) is 9.78 Å². The van der Waals surface area contributed by atoms with Gasteiger partial charge in [-0.2, -0.15) is 5.10 Å². The number of rotatable bonds is 3. The van der Waals surface area contributed by atoms with Crippen molar-refractivity contribution in [3.8, 4) is 11.3 Å². The molecule has 0 saturated carbocycles. The second-order valence-electron chi connectivity index (χ2n) is 6.10. The molecule has 0 radical (unpaired) electrons. The Morgan fingerprint density at radius 1 is 0.958 bits per heavy atom. The van der Waals surface area contributed by atoms with Crippen molar-refractivity contribution in [1.29, 1.82) is 0 Å². The van der Waals surface area contributed by atoms with Crippen LogP contribution in [-0.2, 0) is 6.54 Å². The summed E-state index contributed by atoms with van der Waals surface area (Å²) < 4.78 is 1.48. The molecule has 0 unspecified atom stereocenters. The molecule has 0 bridgehead atoms. The fourth-order valence-electron chi connectivity index (χ4n) is 2.75. The molecule has 2 aromatic carbocycles. The summed E-state index contributed by atoms with van der Waals surface area (Å²) in [5, 5.41) is 5.21. The third-order valence-electron chi connectivity index (χ3n) is 4.20. The van der Waals surface area contributed by atoms with Crippen LogP contribution in [0.5, 0.6) is 0 Å². The molecular formula is C20H19ClN2O. The van der Waals surface area contributed by atoms with Crippen LogP contribution in [0.1, 0.15) is 22.3 Å². The van der Waals surface area contributed by atoms with Gasteiger partial charge in [-0.3, -0.25) is 4.79 Å². The molecule has 0 spiro atoms. The molecule has 0 aliphatic heterocycles. The molecule has 24 heavy (non-hydrogen) atoms. The molecule has 0 fully saturated rings. The lowest BCUT2D eigenvalue weighted by Gasteiger charge is -2.11. The number of benzene rings is 2. The highest BCUT2D eigenvalue weighted by Crippen LogP contribution is 2.24. The first-order valence-corrected chi connectivity index (χ1v) is 8.22. The van der Waals surface area contributed by atoms with E-state index in [1.807, 2.05) is 24.3 Å². The molecule has 3 nitrogen and oxygen atoms in total. The van der Waals surface area contributed by atoms with Gasteiger partial charge in [0.05, 0.1) is 12.2 Å².